The maximum Gasteiger partial charge on any atom is 0.244 e. The standard InChI is InChI=1S/C17H30N4O2Si2/c1-17(2,3)15(22)20-16-18-13-12(10-11-21(13)24(4,5)6)14(19-16)23-25(7,8)9/h10-11H,1-9H3,(H,18,19,20,22). The van der Waals surface area contributed by atoms with Crippen LogP contribution in [0.2, 0.25) is 39.3 Å². The van der Waals surface area contributed by atoms with Crippen molar-refractivity contribution in [2.75, 3.05) is 5.32 Å². The van der Waals surface area contributed by atoms with Gasteiger partial charge in [-0.15, -0.1) is 0 Å². The van der Waals surface area contributed by atoms with Gasteiger partial charge in [-0.3, -0.25) is 10.1 Å². The lowest BCUT2D eigenvalue weighted by Crippen LogP contribution is -2.33. The summed E-state index contributed by atoms with van der Waals surface area (Å²) in [5, 5.41) is 3.75. The maximum atomic E-state index is 12.4. The molecule has 0 radical (unpaired) electrons. The van der Waals surface area contributed by atoms with Crippen LogP contribution in [-0.4, -0.2) is 36.7 Å². The number of aromatic nitrogens is 3. The number of nitrogens with zero attached hydrogens (tertiary/aromatic N) is 3. The maximum absolute atomic E-state index is 12.4. The van der Waals surface area contributed by atoms with Crippen LogP contribution in [0.5, 0.6) is 5.88 Å². The van der Waals surface area contributed by atoms with Crippen LogP contribution in [0.3, 0.4) is 0 Å². The molecule has 25 heavy (non-hydrogen) atoms. The third-order valence-corrected chi connectivity index (χ3v) is 6.15. The zero-order valence-electron chi connectivity index (χ0n) is 16.8. The predicted molar refractivity (Wildman–Crippen MR) is 108 cm³/mol. The van der Waals surface area contributed by atoms with Gasteiger partial charge in [-0.25, -0.2) is 0 Å². The average molecular weight is 379 g/mol. The number of carbonyl (C=O) groups excluding carboxylic acids is 1. The van der Waals surface area contributed by atoms with E-state index in [1.807, 2.05) is 26.8 Å². The summed E-state index contributed by atoms with van der Waals surface area (Å²) in [5.74, 6) is 0.751. The fourth-order valence-corrected chi connectivity index (χ4v) is 4.30. The van der Waals surface area contributed by atoms with E-state index in [9.17, 15) is 4.79 Å². The van der Waals surface area contributed by atoms with Gasteiger partial charge in [0.2, 0.25) is 26.1 Å². The molecule has 1 N–H and O–H groups in total. The number of hydrogen-bond acceptors (Lipinski definition) is 4. The second-order valence-corrected chi connectivity index (χ2v) is 18.6. The fourth-order valence-electron chi connectivity index (χ4n) is 2.24. The van der Waals surface area contributed by atoms with E-state index in [1.165, 1.54) is 0 Å². The van der Waals surface area contributed by atoms with E-state index in [2.05, 4.69) is 65.0 Å². The molecule has 2 heterocycles. The Morgan fingerprint density at radius 3 is 2.20 bits per heavy atom. The van der Waals surface area contributed by atoms with Gasteiger partial charge >= 0.3 is 0 Å². The summed E-state index contributed by atoms with van der Waals surface area (Å²) in [6, 6.07) is 2.01. The highest BCUT2D eigenvalue weighted by atomic mass is 28.4. The summed E-state index contributed by atoms with van der Waals surface area (Å²) in [5.41, 5.74) is 0.311. The van der Waals surface area contributed by atoms with Crippen molar-refractivity contribution in [2.24, 2.45) is 5.41 Å². The van der Waals surface area contributed by atoms with Crippen LogP contribution < -0.4 is 9.74 Å². The van der Waals surface area contributed by atoms with Gasteiger partial charge in [-0.1, -0.05) is 40.4 Å². The molecule has 2 aromatic rings. The zero-order chi connectivity index (χ0) is 19.2. The average Bonchev–Trinajstić information content (AvgIpc) is 2.79. The molecule has 0 saturated carbocycles. The molecule has 0 bridgehead atoms. The highest BCUT2D eigenvalue weighted by Gasteiger charge is 2.27. The Bertz CT molecular complexity index is 796. The first-order chi connectivity index (χ1) is 11.2. The van der Waals surface area contributed by atoms with Crippen molar-refractivity contribution in [3.05, 3.63) is 12.3 Å². The third-order valence-electron chi connectivity index (χ3n) is 3.54. The zero-order valence-corrected chi connectivity index (χ0v) is 18.8. The second kappa shape index (κ2) is 6.24. The van der Waals surface area contributed by atoms with E-state index in [-0.39, 0.29) is 5.91 Å². The summed E-state index contributed by atoms with van der Waals surface area (Å²) >= 11 is 0. The van der Waals surface area contributed by atoms with Crippen molar-refractivity contribution in [3.8, 4) is 5.88 Å². The van der Waals surface area contributed by atoms with E-state index < -0.39 is 22.0 Å². The first kappa shape index (κ1) is 19.6. The summed E-state index contributed by atoms with van der Waals surface area (Å²) in [6.07, 6.45) is 2.05. The van der Waals surface area contributed by atoms with Gasteiger partial charge < -0.3 is 8.66 Å². The normalized spacial score (nSPS) is 13.2. The van der Waals surface area contributed by atoms with Crippen molar-refractivity contribution >= 4 is 39.4 Å². The molecule has 2 rings (SSSR count). The minimum Gasteiger partial charge on any atom is -0.531 e. The summed E-state index contributed by atoms with van der Waals surface area (Å²) in [7, 11) is -3.51. The van der Waals surface area contributed by atoms with Crippen LogP contribution in [0.25, 0.3) is 11.0 Å². The Morgan fingerprint density at radius 1 is 1.12 bits per heavy atom. The molecule has 0 spiro atoms. The van der Waals surface area contributed by atoms with Crippen molar-refractivity contribution in [1.82, 2.24) is 14.2 Å². The van der Waals surface area contributed by atoms with Gasteiger partial charge in [-0.05, 0) is 31.9 Å². The summed E-state index contributed by atoms with van der Waals surface area (Å²) in [6.45, 7) is 18.7. The highest BCUT2D eigenvalue weighted by molar-refractivity contribution is 6.75. The number of anilines is 1. The van der Waals surface area contributed by atoms with Crippen molar-refractivity contribution in [3.63, 3.8) is 0 Å². The van der Waals surface area contributed by atoms with Gasteiger partial charge in [0.25, 0.3) is 0 Å². The summed E-state index contributed by atoms with van der Waals surface area (Å²) in [4.78, 5) is 21.5. The number of carbonyl (C=O) groups is 1. The number of rotatable bonds is 4. The molecule has 2 aromatic heterocycles. The molecular formula is C17H30N4O2Si2. The van der Waals surface area contributed by atoms with Crippen LogP contribution in [0.1, 0.15) is 20.8 Å². The van der Waals surface area contributed by atoms with Gasteiger partial charge in [-0.2, -0.15) is 9.97 Å². The first-order valence-corrected chi connectivity index (χ1v) is 15.4. The molecular weight excluding hydrogens is 348 g/mol. The number of fused-ring (bicyclic) bond motifs is 1. The quantitative estimate of drug-likeness (QED) is 0.805. The Morgan fingerprint density at radius 2 is 1.72 bits per heavy atom. The molecule has 138 valence electrons. The van der Waals surface area contributed by atoms with E-state index in [1.54, 1.807) is 0 Å². The van der Waals surface area contributed by atoms with Gasteiger partial charge in [0.05, 0.1) is 5.39 Å². The molecule has 1 amide bonds. The highest BCUT2D eigenvalue weighted by Crippen LogP contribution is 2.29. The summed E-state index contributed by atoms with van der Waals surface area (Å²) < 4.78 is 8.40. The Hall–Kier alpha value is -1.68. The monoisotopic (exact) mass is 378 g/mol. The Kier molecular flexibility index (Phi) is 4.91. The minimum absolute atomic E-state index is 0.114. The minimum atomic E-state index is -1.85. The molecule has 0 aliphatic heterocycles. The SMILES string of the molecule is CC(C)(C)C(=O)Nc1nc(O[Si](C)(C)C)c2ccn([Si](C)(C)C)c2n1. The molecule has 8 heteroatoms. The topological polar surface area (TPSA) is 69.0 Å². The largest absolute Gasteiger partial charge is 0.531 e. The van der Waals surface area contributed by atoms with Crippen LogP contribution in [-0.2, 0) is 4.79 Å². The van der Waals surface area contributed by atoms with Crippen LogP contribution in [0.15, 0.2) is 12.3 Å². The molecule has 0 saturated heterocycles. The van der Waals surface area contributed by atoms with E-state index >= 15 is 0 Å². The van der Waals surface area contributed by atoms with Crippen LogP contribution in [0, 0.1) is 5.41 Å². The van der Waals surface area contributed by atoms with E-state index in [4.69, 9.17) is 4.43 Å². The van der Waals surface area contributed by atoms with Gasteiger partial charge in [0.1, 0.15) is 5.65 Å². The fraction of sp³-hybridized carbons (Fsp3) is 0.588. The molecule has 0 aliphatic rings. The van der Waals surface area contributed by atoms with Gasteiger partial charge in [0, 0.05) is 5.41 Å². The molecule has 0 atom stereocenters. The lowest BCUT2D eigenvalue weighted by Gasteiger charge is -2.22. The molecule has 0 fully saturated rings. The van der Waals surface area contributed by atoms with Crippen molar-refractivity contribution < 1.29 is 9.22 Å². The number of nitrogens with one attached hydrogen (secondary N) is 1. The molecule has 0 unspecified atom stereocenters. The number of hydrogen-bond donors (Lipinski definition) is 1. The smallest absolute Gasteiger partial charge is 0.244 e. The lowest BCUT2D eigenvalue weighted by molar-refractivity contribution is -0.123. The van der Waals surface area contributed by atoms with Gasteiger partial charge in [0.15, 0.2) is 8.24 Å². The van der Waals surface area contributed by atoms with Crippen molar-refractivity contribution in [2.45, 2.75) is 60.1 Å². The molecule has 6 nitrogen and oxygen atoms in total. The van der Waals surface area contributed by atoms with Crippen LogP contribution in [0.4, 0.5) is 5.95 Å². The molecule has 0 aromatic carbocycles. The lowest BCUT2D eigenvalue weighted by atomic mass is 9.96. The Balaban J connectivity index is 2.61. The Labute approximate surface area is 152 Å². The first-order valence-electron chi connectivity index (χ1n) is 8.58. The molecule has 0 aliphatic carbocycles. The third kappa shape index (κ3) is 4.69. The second-order valence-electron chi connectivity index (χ2n) is 9.36. The van der Waals surface area contributed by atoms with Crippen molar-refractivity contribution in [1.29, 1.82) is 0 Å². The van der Waals surface area contributed by atoms with E-state index in [0.717, 1.165) is 11.0 Å². The van der Waals surface area contributed by atoms with Crippen LogP contribution >= 0.6 is 0 Å². The predicted octanol–water partition coefficient (Wildman–Crippen LogP) is 4.31. The number of amides is 1. The van der Waals surface area contributed by atoms with E-state index in [0.29, 0.717) is 11.8 Å².